The van der Waals surface area contributed by atoms with Crippen molar-refractivity contribution in [3.63, 3.8) is 0 Å². The van der Waals surface area contributed by atoms with Crippen LogP contribution in [0.15, 0.2) is 24.3 Å². The minimum Gasteiger partial charge on any atom is -0.426 e. The third-order valence-electron chi connectivity index (χ3n) is 4.93. The van der Waals surface area contributed by atoms with Crippen LogP contribution in [0.5, 0.6) is 5.75 Å². The van der Waals surface area contributed by atoms with Gasteiger partial charge < -0.3 is 4.74 Å². The maximum absolute atomic E-state index is 12.9. The molecule has 1 saturated carbocycles. The average Bonchev–Trinajstić information content (AvgIpc) is 2.57. The number of carbonyl (C=O) groups is 1. The van der Waals surface area contributed by atoms with Crippen molar-refractivity contribution in [1.82, 2.24) is 0 Å². The van der Waals surface area contributed by atoms with Crippen molar-refractivity contribution in [1.29, 1.82) is 0 Å². The third-order valence-corrected chi connectivity index (χ3v) is 4.93. The minimum absolute atomic E-state index is 0.0106. The van der Waals surface area contributed by atoms with Crippen LogP contribution in [0.4, 0.5) is 4.39 Å². The van der Waals surface area contributed by atoms with Crippen LogP contribution in [0.2, 0.25) is 0 Å². The second-order valence-corrected chi connectivity index (χ2v) is 6.80. The molecule has 1 aromatic carbocycles. The van der Waals surface area contributed by atoms with Gasteiger partial charge >= 0.3 is 5.97 Å². The second kappa shape index (κ2) is 9.69. The highest BCUT2D eigenvalue weighted by atomic mass is 19.1. The Kier molecular flexibility index (Phi) is 7.57. The Morgan fingerprint density at radius 1 is 1.04 bits per heavy atom. The number of benzene rings is 1. The van der Waals surface area contributed by atoms with Crippen LogP contribution in [0.3, 0.4) is 0 Å². The highest BCUT2D eigenvalue weighted by Crippen LogP contribution is 2.33. The molecule has 1 aromatic rings. The molecule has 2 rings (SSSR count). The zero-order valence-electron chi connectivity index (χ0n) is 14.2. The number of carbonyl (C=O) groups excluding carboxylic acids is 1. The van der Waals surface area contributed by atoms with Crippen LogP contribution in [-0.4, -0.2) is 5.97 Å². The van der Waals surface area contributed by atoms with Gasteiger partial charge in [-0.1, -0.05) is 45.4 Å². The molecule has 2 nitrogen and oxygen atoms in total. The van der Waals surface area contributed by atoms with E-state index in [4.69, 9.17) is 4.74 Å². The molecule has 0 spiro atoms. The van der Waals surface area contributed by atoms with Crippen molar-refractivity contribution < 1.29 is 13.9 Å². The standard InChI is InChI=1S/C20H29FO2/c1-2-3-4-5-6-7-16-8-10-17(11-9-16)20(22)23-19-14-12-18(21)13-15-19/h12-17H,2-11H2,1H3. The van der Waals surface area contributed by atoms with Gasteiger partial charge in [0.05, 0.1) is 5.92 Å². The van der Waals surface area contributed by atoms with Crippen LogP contribution in [0.25, 0.3) is 0 Å². The largest absolute Gasteiger partial charge is 0.426 e. The summed E-state index contributed by atoms with van der Waals surface area (Å²) < 4.78 is 18.2. The lowest BCUT2D eigenvalue weighted by molar-refractivity contribution is -0.140. The first kappa shape index (κ1) is 18.0. The molecule has 0 atom stereocenters. The van der Waals surface area contributed by atoms with Crippen molar-refractivity contribution >= 4 is 5.97 Å². The monoisotopic (exact) mass is 320 g/mol. The molecule has 1 aliphatic carbocycles. The molecular formula is C20H29FO2. The Morgan fingerprint density at radius 2 is 1.70 bits per heavy atom. The van der Waals surface area contributed by atoms with Gasteiger partial charge in [0.25, 0.3) is 0 Å². The Balaban J connectivity index is 1.65. The van der Waals surface area contributed by atoms with Gasteiger partial charge in [-0.05, 0) is 55.9 Å². The molecule has 0 N–H and O–H groups in total. The van der Waals surface area contributed by atoms with Crippen LogP contribution >= 0.6 is 0 Å². The van der Waals surface area contributed by atoms with Crippen LogP contribution in [-0.2, 0) is 4.79 Å². The van der Waals surface area contributed by atoms with Crippen molar-refractivity contribution in [3.05, 3.63) is 30.1 Å². The van der Waals surface area contributed by atoms with Gasteiger partial charge in [-0.25, -0.2) is 4.39 Å². The van der Waals surface area contributed by atoms with E-state index in [1.165, 1.54) is 62.8 Å². The number of halogens is 1. The maximum atomic E-state index is 12.9. The summed E-state index contributed by atoms with van der Waals surface area (Å²) >= 11 is 0. The Morgan fingerprint density at radius 3 is 2.35 bits per heavy atom. The number of hydrogen-bond acceptors (Lipinski definition) is 2. The van der Waals surface area contributed by atoms with E-state index in [2.05, 4.69) is 6.92 Å². The fourth-order valence-electron chi connectivity index (χ4n) is 3.43. The molecule has 0 unspecified atom stereocenters. The number of unbranched alkanes of at least 4 members (excludes halogenated alkanes) is 4. The summed E-state index contributed by atoms with van der Waals surface area (Å²) in [6.07, 6.45) is 12.1. The van der Waals surface area contributed by atoms with Crippen molar-refractivity contribution in [2.24, 2.45) is 11.8 Å². The molecule has 3 heteroatoms. The van der Waals surface area contributed by atoms with Gasteiger partial charge in [0.15, 0.2) is 0 Å². The van der Waals surface area contributed by atoms with E-state index in [1.54, 1.807) is 0 Å². The van der Waals surface area contributed by atoms with Crippen molar-refractivity contribution in [2.75, 3.05) is 0 Å². The molecule has 0 radical (unpaired) electrons. The molecule has 1 aliphatic rings. The SMILES string of the molecule is CCCCCCCC1CCC(C(=O)Oc2ccc(F)cc2)CC1. The number of ether oxygens (including phenoxy) is 1. The summed E-state index contributed by atoms with van der Waals surface area (Å²) in [7, 11) is 0. The van der Waals surface area contributed by atoms with Gasteiger partial charge in [0.1, 0.15) is 11.6 Å². The molecule has 0 aliphatic heterocycles. The normalized spacial score (nSPS) is 21.1. The average molecular weight is 320 g/mol. The fourth-order valence-corrected chi connectivity index (χ4v) is 3.43. The summed E-state index contributed by atoms with van der Waals surface area (Å²) in [5, 5.41) is 0. The molecule has 1 fully saturated rings. The zero-order valence-corrected chi connectivity index (χ0v) is 14.2. The highest BCUT2D eigenvalue weighted by Gasteiger charge is 2.27. The van der Waals surface area contributed by atoms with Crippen LogP contribution in [0, 0.1) is 17.7 Å². The summed E-state index contributed by atoms with van der Waals surface area (Å²) in [6, 6.07) is 5.65. The van der Waals surface area contributed by atoms with Crippen LogP contribution < -0.4 is 4.74 Å². The molecule has 0 amide bonds. The van der Waals surface area contributed by atoms with Gasteiger partial charge in [0.2, 0.25) is 0 Å². The first-order chi connectivity index (χ1) is 11.2. The Bertz CT molecular complexity index is 461. The molecular weight excluding hydrogens is 291 g/mol. The van der Waals surface area contributed by atoms with Gasteiger partial charge in [0, 0.05) is 0 Å². The number of hydrogen-bond donors (Lipinski definition) is 0. The van der Waals surface area contributed by atoms with Crippen molar-refractivity contribution in [3.8, 4) is 5.75 Å². The third kappa shape index (κ3) is 6.32. The van der Waals surface area contributed by atoms with Gasteiger partial charge in [-0.15, -0.1) is 0 Å². The summed E-state index contributed by atoms with van der Waals surface area (Å²) in [4.78, 5) is 12.2. The lowest BCUT2D eigenvalue weighted by Crippen LogP contribution is -2.25. The van der Waals surface area contributed by atoms with E-state index in [1.807, 2.05) is 0 Å². The van der Waals surface area contributed by atoms with E-state index in [0.29, 0.717) is 5.75 Å². The summed E-state index contributed by atoms with van der Waals surface area (Å²) in [5.74, 6) is 0.764. The molecule has 0 bridgehead atoms. The zero-order chi connectivity index (χ0) is 16.5. The predicted molar refractivity (Wildman–Crippen MR) is 90.9 cm³/mol. The van der Waals surface area contributed by atoms with E-state index < -0.39 is 0 Å². The van der Waals surface area contributed by atoms with Gasteiger partial charge in [-0.3, -0.25) is 4.79 Å². The minimum atomic E-state index is -0.316. The topological polar surface area (TPSA) is 26.3 Å². The molecule has 0 aromatic heterocycles. The molecule has 23 heavy (non-hydrogen) atoms. The predicted octanol–water partition coefficient (Wildman–Crippen LogP) is 5.90. The fraction of sp³-hybridized carbons (Fsp3) is 0.650. The number of esters is 1. The molecule has 0 saturated heterocycles. The summed E-state index contributed by atoms with van der Waals surface area (Å²) in [6.45, 7) is 2.24. The molecule has 128 valence electrons. The van der Waals surface area contributed by atoms with Gasteiger partial charge in [-0.2, -0.15) is 0 Å². The lowest BCUT2D eigenvalue weighted by Gasteiger charge is -2.27. The maximum Gasteiger partial charge on any atom is 0.314 e. The Hall–Kier alpha value is -1.38. The number of rotatable bonds is 8. The smallest absolute Gasteiger partial charge is 0.314 e. The van der Waals surface area contributed by atoms with Crippen LogP contribution in [0.1, 0.15) is 71.1 Å². The first-order valence-electron chi connectivity index (χ1n) is 9.16. The lowest BCUT2D eigenvalue weighted by atomic mass is 9.80. The van der Waals surface area contributed by atoms with Crippen molar-refractivity contribution in [2.45, 2.75) is 71.1 Å². The van der Waals surface area contributed by atoms with E-state index in [0.717, 1.165) is 31.6 Å². The Labute approximate surface area is 139 Å². The van der Waals surface area contributed by atoms with E-state index >= 15 is 0 Å². The van der Waals surface area contributed by atoms with E-state index in [-0.39, 0.29) is 17.7 Å². The molecule has 0 heterocycles. The second-order valence-electron chi connectivity index (χ2n) is 6.80. The highest BCUT2D eigenvalue weighted by molar-refractivity contribution is 5.75. The first-order valence-corrected chi connectivity index (χ1v) is 9.16. The quantitative estimate of drug-likeness (QED) is 0.339. The van der Waals surface area contributed by atoms with E-state index in [9.17, 15) is 9.18 Å². The summed E-state index contributed by atoms with van der Waals surface area (Å²) in [5.41, 5.74) is 0.